The fourth-order valence-corrected chi connectivity index (χ4v) is 5.77. The number of hydrogen-bond acceptors (Lipinski definition) is 3. The second-order valence-electron chi connectivity index (χ2n) is 9.16. The van der Waals surface area contributed by atoms with Gasteiger partial charge in [0.05, 0.1) is 5.75 Å². The number of carbonyl (C=O) groups is 2. The van der Waals surface area contributed by atoms with Gasteiger partial charge in [-0.05, 0) is 56.9 Å². The number of aryl methyl sites for hydroxylation is 2. The SMILES string of the molecule is Cc1cc(C)cc(CSCC(=O)N(Cc2cccc(Br)c2)[C@@H](C)C(=O)NC2CCCCC2)c1. The average molecular weight is 532 g/mol. The van der Waals surface area contributed by atoms with E-state index in [1.807, 2.05) is 31.2 Å². The second-order valence-corrected chi connectivity index (χ2v) is 11.1. The van der Waals surface area contributed by atoms with E-state index in [1.54, 1.807) is 16.7 Å². The van der Waals surface area contributed by atoms with Crippen LogP contribution in [0.2, 0.25) is 0 Å². The zero-order chi connectivity index (χ0) is 23.8. The molecule has 0 spiro atoms. The van der Waals surface area contributed by atoms with E-state index in [2.05, 4.69) is 53.3 Å². The van der Waals surface area contributed by atoms with E-state index in [0.29, 0.717) is 12.3 Å². The van der Waals surface area contributed by atoms with Crippen molar-refractivity contribution in [1.82, 2.24) is 10.2 Å². The smallest absolute Gasteiger partial charge is 0.242 e. The number of nitrogens with one attached hydrogen (secondary N) is 1. The highest BCUT2D eigenvalue weighted by atomic mass is 79.9. The van der Waals surface area contributed by atoms with E-state index >= 15 is 0 Å². The van der Waals surface area contributed by atoms with Gasteiger partial charge in [0.15, 0.2) is 0 Å². The molecule has 1 aliphatic rings. The summed E-state index contributed by atoms with van der Waals surface area (Å²) in [5.74, 6) is 1.07. The van der Waals surface area contributed by atoms with Crippen LogP contribution in [0.15, 0.2) is 46.9 Å². The topological polar surface area (TPSA) is 49.4 Å². The minimum atomic E-state index is -0.514. The Balaban J connectivity index is 1.66. The van der Waals surface area contributed by atoms with E-state index in [4.69, 9.17) is 0 Å². The van der Waals surface area contributed by atoms with Crippen LogP contribution in [0.3, 0.4) is 0 Å². The number of nitrogens with zero attached hydrogens (tertiary/aromatic N) is 1. The third-order valence-electron chi connectivity index (χ3n) is 6.14. The first-order valence-corrected chi connectivity index (χ1v) is 13.8. The van der Waals surface area contributed by atoms with Crippen LogP contribution >= 0.6 is 27.7 Å². The number of amides is 2. The fraction of sp³-hybridized carbons (Fsp3) is 0.481. The van der Waals surface area contributed by atoms with E-state index in [0.717, 1.165) is 41.5 Å². The van der Waals surface area contributed by atoms with Crippen molar-refractivity contribution < 1.29 is 9.59 Å². The molecule has 33 heavy (non-hydrogen) atoms. The molecule has 0 saturated heterocycles. The summed E-state index contributed by atoms with van der Waals surface area (Å²) in [5, 5.41) is 3.20. The maximum Gasteiger partial charge on any atom is 0.242 e. The van der Waals surface area contributed by atoms with Crippen LogP contribution in [0, 0.1) is 13.8 Å². The van der Waals surface area contributed by atoms with Crippen LogP contribution in [0.5, 0.6) is 0 Å². The molecule has 1 N–H and O–H groups in total. The summed E-state index contributed by atoms with van der Waals surface area (Å²) in [4.78, 5) is 28.1. The maximum absolute atomic E-state index is 13.3. The Labute approximate surface area is 211 Å². The van der Waals surface area contributed by atoms with Crippen molar-refractivity contribution in [3.63, 3.8) is 0 Å². The molecule has 2 amide bonds. The van der Waals surface area contributed by atoms with Crippen molar-refractivity contribution in [2.75, 3.05) is 5.75 Å². The zero-order valence-corrected chi connectivity index (χ0v) is 22.3. The van der Waals surface area contributed by atoms with Gasteiger partial charge in [-0.2, -0.15) is 0 Å². The Hall–Kier alpha value is -1.79. The maximum atomic E-state index is 13.3. The summed E-state index contributed by atoms with van der Waals surface area (Å²) < 4.78 is 0.968. The van der Waals surface area contributed by atoms with Crippen LogP contribution < -0.4 is 5.32 Å². The van der Waals surface area contributed by atoms with Gasteiger partial charge >= 0.3 is 0 Å². The molecule has 0 heterocycles. The molecule has 0 unspecified atom stereocenters. The van der Waals surface area contributed by atoms with Gasteiger partial charge in [0.25, 0.3) is 0 Å². The molecule has 0 bridgehead atoms. The van der Waals surface area contributed by atoms with Crippen molar-refractivity contribution in [3.05, 3.63) is 69.2 Å². The van der Waals surface area contributed by atoms with Gasteiger partial charge in [-0.25, -0.2) is 0 Å². The van der Waals surface area contributed by atoms with Gasteiger partial charge in [0.1, 0.15) is 6.04 Å². The summed E-state index contributed by atoms with van der Waals surface area (Å²) in [6.07, 6.45) is 5.63. The van der Waals surface area contributed by atoms with Crippen molar-refractivity contribution >= 4 is 39.5 Å². The lowest BCUT2D eigenvalue weighted by molar-refractivity contribution is -0.139. The van der Waals surface area contributed by atoms with E-state index in [1.165, 1.54) is 23.1 Å². The van der Waals surface area contributed by atoms with Crippen molar-refractivity contribution in [2.45, 2.75) is 77.3 Å². The quantitative estimate of drug-likeness (QED) is 0.421. The molecule has 0 radical (unpaired) electrons. The molecule has 178 valence electrons. The Kier molecular flexibility index (Phi) is 9.87. The predicted octanol–water partition coefficient (Wildman–Crippen LogP) is 6.17. The van der Waals surface area contributed by atoms with Crippen molar-refractivity contribution in [2.24, 2.45) is 0 Å². The highest BCUT2D eigenvalue weighted by Crippen LogP contribution is 2.21. The van der Waals surface area contributed by atoms with Crippen LogP contribution in [-0.2, 0) is 21.9 Å². The largest absolute Gasteiger partial charge is 0.352 e. The normalized spacial score (nSPS) is 15.2. The summed E-state index contributed by atoms with van der Waals surface area (Å²) in [5.41, 5.74) is 4.71. The van der Waals surface area contributed by atoms with E-state index < -0.39 is 6.04 Å². The van der Waals surface area contributed by atoms with Crippen LogP contribution in [-0.4, -0.2) is 34.6 Å². The first-order chi connectivity index (χ1) is 15.8. The van der Waals surface area contributed by atoms with Crippen LogP contribution in [0.25, 0.3) is 0 Å². The molecule has 1 fully saturated rings. The third-order valence-corrected chi connectivity index (χ3v) is 7.62. The lowest BCUT2D eigenvalue weighted by Crippen LogP contribution is -2.50. The third kappa shape index (κ3) is 8.18. The monoisotopic (exact) mass is 530 g/mol. The molecule has 1 atom stereocenters. The number of halogens is 1. The number of rotatable bonds is 9. The molecule has 1 saturated carbocycles. The van der Waals surface area contributed by atoms with Gasteiger partial charge in [-0.15, -0.1) is 11.8 Å². The number of hydrogen-bond donors (Lipinski definition) is 1. The van der Waals surface area contributed by atoms with Gasteiger partial charge in [-0.3, -0.25) is 9.59 Å². The number of thioether (sulfide) groups is 1. The fourth-order valence-electron chi connectivity index (χ4n) is 4.47. The lowest BCUT2D eigenvalue weighted by Gasteiger charge is -2.31. The summed E-state index contributed by atoms with van der Waals surface area (Å²) in [6, 6.07) is 14.2. The van der Waals surface area contributed by atoms with E-state index in [9.17, 15) is 9.59 Å². The van der Waals surface area contributed by atoms with Gasteiger partial charge < -0.3 is 10.2 Å². The summed E-state index contributed by atoms with van der Waals surface area (Å²) in [7, 11) is 0. The second kappa shape index (κ2) is 12.6. The first kappa shape index (κ1) is 25.8. The zero-order valence-electron chi connectivity index (χ0n) is 19.9. The summed E-state index contributed by atoms with van der Waals surface area (Å²) in [6.45, 7) is 6.46. The highest BCUT2D eigenvalue weighted by Gasteiger charge is 2.28. The van der Waals surface area contributed by atoms with Crippen LogP contribution in [0.1, 0.15) is 61.3 Å². The Morgan fingerprint density at radius 3 is 2.42 bits per heavy atom. The Morgan fingerprint density at radius 1 is 1.06 bits per heavy atom. The molecular formula is C27H35BrN2O2S. The molecule has 4 nitrogen and oxygen atoms in total. The molecule has 6 heteroatoms. The number of benzene rings is 2. The molecular weight excluding hydrogens is 496 g/mol. The van der Waals surface area contributed by atoms with Gasteiger partial charge in [0, 0.05) is 22.8 Å². The number of carbonyl (C=O) groups excluding carboxylic acids is 2. The van der Waals surface area contributed by atoms with Gasteiger partial charge in [0.2, 0.25) is 11.8 Å². The Morgan fingerprint density at radius 2 is 1.76 bits per heavy atom. The minimum Gasteiger partial charge on any atom is -0.352 e. The van der Waals surface area contributed by atoms with Crippen LogP contribution in [0.4, 0.5) is 0 Å². The molecule has 2 aromatic carbocycles. The van der Waals surface area contributed by atoms with Crippen molar-refractivity contribution in [1.29, 1.82) is 0 Å². The molecule has 3 rings (SSSR count). The average Bonchev–Trinajstić information content (AvgIpc) is 2.77. The molecule has 0 aliphatic heterocycles. The molecule has 0 aromatic heterocycles. The minimum absolute atomic E-state index is 0.00403. The summed E-state index contributed by atoms with van der Waals surface area (Å²) >= 11 is 5.12. The lowest BCUT2D eigenvalue weighted by atomic mass is 9.95. The molecule has 1 aliphatic carbocycles. The predicted molar refractivity (Wildman–Crippen MR) is 141 cm³/mol. The standard InChI is InChI=1S/C27H35BrN2O2S/c1-19-12-20(2)14-23(13-19)17-33-18-26(31)30(16-22-8-7-9-24(28)15-22)21(3)27(32)29-25-10-5-4-6-11-25/h7-9,12-15,21,25H,4-6,10-11,16-18H2,1-3H3,(H,29,32)/t21-/m0/s1. The van der Waals surface area contributed by atoms with E-state index in [-0.39, 0.29) is 17.9 Å². The first-order valence-electron chi connectivity index (χ1n) is 11.8. The highest BCUT2D eigenvalue weighted by molar-refractivity contribution is 9.10. The molecule has 2 aromatic rings. The Bertz CT molecular complexity index is 939. The van der Waals surface area contributed by atoms with Crippen molar-refractivity contribution in [3.8, 4) is 0 Å². The van der Waals surface area contributed by atoms with Gasteiger partial charge in [-0.1, -0.05) is 76.7 Å².